The number of nitrogens with zero attached hydrogens (tertiary/aromatic N) is 2. The smallest absolute Gasteiger partial charge is 0.260 e. The van der Waals surface area contributed by atoms with Crippen molar-refractivity contribution in [3.8, 4) is 5.75 Å². The molecule has 3 rings (SSSR count). The highest BCUT2D eigenvalue weighted by molar-refractivity contribution is 5.78. The highest BCUT2D eigenvalue weighted by Gasteiger charge is 2.27. The summed E-state index contributed by atoms with van der Waals surface area (Å²) < 4.78 is 5.83. The highest BCUT2D eigenvalue weighted by atomic mass is 16.5. The van der Waals surface area contributed by atoms with Gasteiger partial charge in [0.1, 0.15) is 5.75 Å². The van der Waals surface area contributed by atoms with Crippen LogP contribution in [0, 0.1) is 0 Å². The molecule has 4 nitrogen and oxygen atoms in total. The average Bonchev–Trinajstić information content (AvgIpc) is 2.71. The van der Waals surface area contributed by atoms with Gasteiger partial charge >= 0.3 is 0 Å². The minimum atomic E-state index is 0.129. The minimum Gasteiger partial charge on any atom is -0.484 e. The monoisotopic (exact) mass is 386 g/mol. The predicted octanol–water partition coefficient (Wildman–Crippen LogP) is 4.62. The standard InChI is InChI=1S/C24H38N2O2/c1-24(2,3)20-10-12-22(13-11-20)28-19-23(27)26-17-8-5-9-21(26)14-18-25-15-6-4-7-16-25/h10-13,21H,4-9,14-19H2,1-3H3/t21-/m0/s1. The third-order valence-electron chi connectivity index (χ3n) is 6.26. The summed E-state index contributed by atoms with van der Waals surface area (Å²) in [7, 11) is 0. The summed E-state index contributed by atoms with van der Waals surface area (Å²) in [5.41, 5.74) is 1.41. The second kappa shape index (κ2) is 9.78. The number of amides is 1. The molecule has 1 atom stereocenters. The quantitative estimate of drug-likeness (QED) is 0.715. The molecule has 2 aliphatic heterocycles. The van der Waals surface area contributed by atoms with Gasteiger partial charge in [-0.2, -0.15) is 0 Å². The second-order valence-electron chi connectivity index (χ2n) is 9.49. The van der Waals surface area contributed by atoms with Crippen LogP contribution in [0.25, 0.3) is 0 Å². The first-order valence-electron chi connectivity index (χ1n) is 11.2. The maximum absolute atomic E-state index is 12.8. The second-order valence-corrected chi connectivity index (χ2v) is 9.49. The molecule has 28 heavy (non-hydrogen) atoms. The highest BCUT2D eigenvalue weighted by Crippen LogP contribution is 2.25. The number of rotatable bonds is 6. The maximum atomic E-state index is 12.8. The number of likely N-dealkylation sites (tertiary alicyclic amines) is 2. The predicted molar refractivity (Wildman–Crippen MR) is 115 cm³/mol. The molecular weight excluding hydrogens is 348 g/mol. The van der Waals surface area contributed by atoms with E-state index in [0.29, 0.717) is 6.04 Å². The molecule has 2 aliphatic rings. The van der Waals surface area contributed by atoms with Crippen molar-refractivity contribution in [3.05, 3.63) is 29.8 Å². The zero-order valence-corrected chi connectivity index (χ0v) is 18.1. The van der Waals surface area contributed by atoms with E-state index in [1.54, 1.807) is 0 Å². The molecule has 0 N–H and O–H groups in total. The van der Waals surface area contributed by atoms with E-state index in [2.05, 4.69) is 42.7 Å². The van der Waals surface area contributed by atoms with E-state index < -0.39 is 0 Å². The van der Waals surface area contributed by atoms with Crippen LogP contribution in [0.15, 0.2) is 24.3 Å². The molecule has 2 saturated heterocycles. The normalized spacial score (nSPS) is 21.5. The van der Waals surface area contributed by atoms with Crippen molar-refractivity contribution in [2.24, 2.45) is 0 Å². The molecule has 1 amide bonds. The van der Waals surface area contributed by atoms with Crippen LogP contribution < -0.4 is 4.74 Å². The fraction of sp³-hybridized carbons (Fsp3) is 0.708. The SMILES string of the molecule is CC(C)(C)c1ccc(OCC(=O)N2CCCC[C@H]2CCN2CCCCC2)cc1. The molecule has 156 valence electrons. The maximum Gasteiger partial charge on any atom is 0.260 e. The Balaban J connectivity index is 1.49. The molecule has 0 aliphatic carbocycles. The third-order valence-corrected chi connectivity index (χ3v) is 6.26. The number of ether oxygens (including phenoxy) is 1. The topological polar surface area (TPSA) is 32.8 Å². The Hall–Kier alpha value is -1.55. The van der Waals surface area contributed by atoms with Crippen LogP contribution in [0.2, 0.25) is 0 Å². The van der Waals surface area contributed by atoms with Gasteiger partial charge in [-0.15, -0.1) is 0 Å². The summed E-state index contributed by atoms with van der Waals surface area (Å²) in [6.07, 6.45) is 8.63. The summed E-state index contributed by atoms with van der Waals surface area (Å²) in [4.78, 5) is 17.5. The first-order chi connectivity index (χ1) is 13.4. The zero-order valence-electron chi connectivity index (χ0n) is 18.1. The lowest BCUT2D eigenvalue weighted by Gasteiger charge is -2.37. The van der Waals surface area contributed by atoms with E-state index in [1.165, 1.54) is 44.3 Å². The van der Waals surface area contributed by atoms with Gasteiger partial charge in [0.15, 0.2) is 6.61 Å². The first-order valence-corrected chi connectivity index (χ1v) is 11.2. The Labute approximate surface area is 171 Å². The number of hydrogen-bond donors (Lipinski definition) is 0. The number of carbonyl (C=O) groups excluding carboxylic acids is 1. The fourth-order valence-electron chi connectivity index (χ4n) is 4.42. The van der Waals surface area contributed by atoms with Crippen molar-refractivity contribution in [2.75, 3.05) is 32.8 Å². The van der Waals surface area contributed by atoms with Gasteiger partial charge in [0.05, 0.1) is 0 Å². The van der Waals surface area contributed by atoms with E-state index in [4.69, 9.17) is 4.74 Å². The first kappa shape index (κ1) is 21.2. The number of piperidine rings is 2. The van der Waals surface area contributed by atoms with Gasteiger partial charge < -0.3 is 14.5 Å². The summed E-state index contributed by atoms with van der Waals surface area (Å²) in [5.74, 6) is 0.923. The molecule has 0 saturated carbocycles. The van der Waals surface area contributed by atoms with E-state index in [-0.39, 0.29) is 17.9 Å². The summed E-state index contributed by atoms with van der Waals surface area (Å²) in [5, 5.41) is 0. The van der Waals surface area contributed by atoms with Crippen molar-refractivity contribution in [1.29, 1.82) is 0 Å². The van der Waals surface area contributed by atoms with Crippen LogP contribution in [0.5, 0.6) is 5.75 Å². The van der Waals surface area contributed by atoms with E-state index >= 15 is 0 Å². The molecule has 1 aromatic rings. The fourth-order valence-corrected chi connectivity index (χ4v) is 4.42. The summed E-state index contributed by atoms with van der Waals surface area (Å²) in [6.45, 7) is 11.2. The molecule has 2 fully saturated rings. The van der Waals surface area contributed by atoms with Crippen molar-refractivity contribution in [2.45, 2.75) is 77.2 Å². The lowest BCUT2D eigenvalue weighted by Crippen LogP contribution is -2.47. The van der Waals surface area contributed by atoms with Crippen LogP contribution >= 0.6 is 0 Å². The molecule has 0 bridgehead atoms. The Kier molecular flexibility index (Phi) is 7.39. The summed E-state index contributed by atoms with van der Waals surface area (Å²) in [6, 6.07) is 8.55. The molecule has 0 aromatic heterocycles. The van der Waals surface area contributed by atoms with Gasteiger partial charge in [-0.1, -0.05) is 39.3 Å². The molecule has 0 radical (unpaired) electrons. The van der Waals surface area contributed by atoms with Gasteiger partial charge in [-0.25, -0.2) is 0 Å². The van der Waals surface area contributed by atoms with Gasteiger partial charge in [0, 0.05) is 19.1 Å². The van der Waals surface area contributed by atoms with E-state index in [0.717, 1.165) is 38.1 Å². The lowest BCUT2D eigenvalue weighted by molar-refractivity contribution is -0.137. The van der Waals surface area contributed by atoms with Crippen molar-refractivity contribution in [3.63, 3.8) is 0 Å². The lowest BCUT2D eigenvalue weighted by atomic mass is 9.87. The molecule has 1 aromatic carbocycles. The Bertz CT molecular complexity index is 614. The van der Waals surface area contributed by atoms with Crippen LogP contribution in [0.4, 0.5) is 0 Å². The van der Waals surface area contributed by atoms with E-state index in [1.807, 2.05) is 12.1 Å². The van der Waals surface area contributed by atoms with Gasteiger partial charge in [-0.3, -0.25) is 4.79 Å². The zero-order chi connectivity index (χ0) is 20.0. The van der Waals surface area contributed by atoms with Gasteiger partial charge in [0.25, 0.3) is 5.91 Å². The Morgan fingerprint density at radius 2 is 1.68 bits per heavy atom. The third kappa shape index (κ3) is 5.97. The minimum absolute atomic E-state index is 0.129. The van der Waals surface area contributed by atoms with Crippen LogP contribution in [0.1, 0.15) is 71.3 Å². The van der Waals surface area contributed by atoms with Crippen molar-refractivity contribution >= 4 is 5.91 Å². The van der Waals surface area contributed by atoms with Crippen molar-refractivity contribution < 1.29 is 9.53 Å². The van der Waals surface area contributed by atoms with Crippen LogP contribution in [0.3, 0.4) is 0 Å². The van der Waals surface area contributed by atoms with E-state index in [9.17, 15) is 4.79 Å². The number of carbonyl (C=O) groups is 1. The largest absolute Gasteiger partial charge is 0.484 e. The number of hydrogen-bond acceptors (Lipinski definition) is 3. The van der Waals surface area contributed by atoms with Crippen LogP contribution in [-0.2, 0) is 10.2 Å². The van der Waals surface area contributed by atoms with Gasteiger partial charge in [-0.05, 0) is 74.7 Å². The molecule has 0 unspecified atom stereocenters. The molecular formula is C24H38N2O2. The summed E-state index contributed by atoms with van der Waals surface area (Å²) >= 11 is 0. The molecule has 2 heterocycles. The van der Waals surface area contributed by atoms with Crippen LogP contribution in [-0.4, -0.2) is 54.5 Å². The van der Waals surface area contributed by atoms with Crippen molar-refractivity contribution in [1.82, 2.24) is 9.80 Å². The Morgan fingerprint density at radius 1 is 1.00 bits per heavy atom. The number of benzene rings is 1. The average molecular weight is 387 g/mol. The van der Waals surface area contributed by atoms with Gasteiger partial charge in [0.2, 0.25) is 0 Å². The molecule has 0 spiro atoms. The Morgan fingerprint density at radius 3 is 2.36 bits per heavy atom. The molecule has 4 heteroatoms.